The van der Waals surface area contributed by atoms with Crippen molar-refractivity contribution in [3.63, 3.8) is 0 Å². The maximum absolute atomic E-state index is 11.0. The lowest BCUT2D eigenvalue weighted by molar-refractivity contribution is -0.134. The summed E-state index contributed by atoms with van der Waals surface area (Å²) in [5, 5.41) is 3.31. The summed E-state index contributed by atoms with van der Waals surface area (Å²) in [5.41, 5.74) is 1.99. The highest BCUT2D eigenvalue weighted by Crippen LogP contribution is 2.17. The summed E-state index contributed by atoms with van der Waals surface area (Å²) < 4.78 is 4.55. The molecule has 0 bridgehead atoms. The molecular formula is C13H17NO2. The molecule has 1 rings (SSSR count). The number of benzene rings is 1. The lowest BCUT2D eigenvalue weighted by Gasteiger charge is -2.12. The number of hydrogen-bond acceptors (Lipinski definition) is 3. The third kappa shape index (κ3) is 3.77. The first-order valence-corrected chi connectivity index (χ1v) is 5.25. The molecule has 1 N–H and O–H groups in total. The van der Waals surface area contributed by atoms with Crippen LogP contribution in [0.3, 0.4) is 0 Å². The van der Waals surface area contributed by atoms with Crippen LogP contribution in [0.15, 0.2) is 30.3 Å². The van der Waals surface area contributed by atoms with Gasteiger partial charge in [0.25, 0.3) is 0 Å². The fourth-order valence-corrected chi connectivity index (χ4v) is 1.31. The highest BCUT2D eigenvalue weighted by atomic mass is 16.5. The van der Waals surface area contributed by atoms with E-state index in [1.165, 1.54) is 13.2 Å². The van der Waals surface area contributed by atoms with E-state index < -0.39 is 0 Å². The molecule has 1 aromatic rings. The molecule has 0 saturated carbocycles. The van der Waals surface area contributed by atoms with Gasteiger partial charge in [0, 0.05) is 17.8 Å². The van der Waals surface area contributed by atoms with Gasteiger partial charge in [0.05, 0.1) is 7.11 Å². The van der Waals surface area contributed by atoms with Crippen molar-refractivity contribution < 1.29 is 9.53 Å². The molecule has 0 unspecified atom stereocenters. The number of carbonyl (C=O) groups excluding carboxylic acids is 1. The topological polar surface area (TPSA) is 38.3 Å². The van der Waals surface area contributed by atoms with Gasteiger partial charge < -0.3 is 10.1 Å². The van der Waals surface area contributed by atoms with Crippen molar-refractivity contribution >= 4 is 17.7 Å². The van der Waals surface area contributed by atoms with Crippen molar-refractivity contribution in [2.75, 3.05) is 12.4 Å². The SMILES string of the molecule is COC(=O)/C=C/c1ccccc1NC(C)C. The fraction of sp³-hybridized carbons (Fsp3) is 0.308. The van der Waals surface area contributed by atoms with E-state index in [4.69, 9.17) is 0 Å². The van der Waals surface area contributed by atoms with Crippen molar-refractivity contribution in [2.24, 2.45) is 0 Å². The molecule has 0 spiro atoms. The fourth-order valence-electron chi connectivity index (χ4n) is 1.31. The monoisotopic (exact) mass is 219 g/mol. The predicted octanol–water partition coefficient (Wildman–Crippen LogP) is 2.69. The maximum Gasteiger partial charge on any atom is 0.330 e. The molecule has 0 atom stereocenters. The van der Waals surface area contributed by atoms with Gasteiger partial charge >= 0.3 is 5.97 Å². The third-order valence-electron chi connectivity index (χ3n) is 2.01. The number of para-hydroxylation sites is 1. The van der Waals surface area contributed by atoms with Crippen LogP contribution in [0.2, 0.25) is 0 Å². The van der Waals surface area contributed by atoms with Gasteiger partial charge in [-0.25, -0.2) is 4.79 Å². The molecule has 1 aromatic carbocycles. The van der Waals surface area contributed by atoms with E-state index in [-0.39, 0.29) is 5.97 Å². The quantitative estimate of drug-likeness (QED) is 0.625. The van der Waals surface area contributed by atoms with Gasteiger partial charge in [0.1, 0.15) is 0 Å². The Morgan fingerprint density at radius 3 is 2.69 bits per heavy atom. The molecule has 3 nitrogen and oxygen atoms in total. The zero-order chi connectivity index (χ0) is 12.0. The number of nitrogens with one attached hydrogen (secondary N) is 1. The van der Waals surface area contributed by atoms with Crippen molar-refractivity contribution in [3.05, 3.63) is 35.9 Å². The van der Waals surface area contributed by atoms with Crippen LogP contribution in [0.5, 0.6) is 0 Å². The Hall–Kier alpha value is -1.77. The van der Waals surface area contributed by atoms with Gasteiger partial charge in [-0.1, -0.05) is 18.2 Å². The molecule has 0 aliphatic rings. The Morgan fingerprint density at radius 1 is 1.38 bits per heavy atom. The van der Waals surface area contributed by atoms with E-state index >= 15 is 0 Å². The predicted molar refractivity (Wildman–Crippen MR) is 66.3 cm³/mol. The van der Waals surface area contributed by atoms with Gasteiger partial charge in [-0.3, -0.25) is 0 Å². The second-order valence-corrected chi connectivity index (χ2v) is 3.74. The maximum atomic E-state index is 11.0. The van der Waals surface area contributed by atoms with Crippen LogP contribution in [0.1, 0.15) is 19.4 Å². The zero-order valence-corrected chi connectivity index (χ0v) is 9.86. The standard InChI is InChI=1S/C13H17NO2/c1-10(2)14-12-7-5-4-6-11(12)8-9-13(15)16-3/h4-10,14H,1-3H3/b9-8+. The molecule has 0 saturated heterocycles. The molecule has 0 aromatic heterocycles. The number of rotatable bonds is 4. The van der Waals surface area contributed by atoms with E-state index in [9.17, 15) is 4.79 Å². The molecule has 0 aliphatic heterocycles. The van der Waals surface area contributed by atoms with Crippen molar-refractivity contribution in [3.8, 4) is 0 Å². The van der Waals surface area contributed by atoms with Crippen LogP contribution < -0.4 is 5.32 Å². The number of ether oxygens (including phenoxy) is 1. The van der Waals surface area contributed by atoms with Gasteiger partial charge in [-0.15, -0.1) is 0 Å². The van der Waals surface area contributed by atoms with Gasteiger partial charge in [-0.2, -0.15) is 0 Å². The van der Waals surface area contributed by atoms with E-state index in [1.54, 1.807) is 6.08 Å². The molecule has 3 heteroatoms. The highest BCUT2D eigenvalue weighted by Gasteiger charge is 2.00. The minimum atomic E-state index is -0.348. The van der Waals surface area contributed by atoms with Crippen molar-refractivity contribution in [1.82, 2.24) is 0 Å². The average molecular weight is 219 g/mol. The summed E-state index contributed by atoms with van der Waals surface area (Å²) in [6.07, 6.45) is 3.16. The summed E-state index contributed by atoms with van der Waals surface area (Å²) in [5.74, 6) is -0.348. The summed E-state index contributed by atoms with van der Waals surface area (Å²) in [6.45, 7) is 4.14. The lowest BCUT2D eigenvalue weighted by atomic mass is 10.1. The Morgan fingerprint density at radius 2 is 2.06 bits per heavy atom. The number of hydrogen-bond donors (Lipinski definition) is 1. The van der Waals surface area contributed by atoms with Gasteiger partial charge in [0.15, 0.2) is 0 Å². The number of carbonyl (C=O) groups is 1. The summed E-state index contributed by atoms with van der Waals surface area (Å²) in [4.78, 5) is 11.0. The van der Waals surface area contributed by atoms with Gasteiger partial charge in [0.2, 0.25) is 0 Å². The molecule has 16 heavy (non-hydrogen) atoms. The molecule has 0 amide bonds. The van der Waals surface area contributed by atoms with Crippen LogP contribution in [-0.4, -0.2) is 19.1 Å². The van der Waals surface area contributed by atoms with E-state index in [1.807, 2.05) is 24.3 Å². The normalized spacial score (nSPS) is 10.8. The number of anilines is 1. The Balaban J connectivity index is 2.86. The summed E-state index contributed by atoms with van der Waals surface area (Å²) in [7, 11) is 1.37. The van der Waals surface area contributed by atoms with E-state index in [0.717, 1.165) is 11.3 Å². The van der Waals surface area contributed by atoms with E-state index in [0.29, 0.717) is 6.04 Å². The average Bonchev–Trinajstić information content (AvgIpc) is 2.26. The number of methoxy groups -OCH3 is 1. The van der Waals surface area contributed by atoms with Crippen LogP contribution in [0, 0.1) is 0 Å². The Bertz CT molecular complexity index is 383. The lowest BCUT2D eigenvalue weighted by Crippen LogP contribution is -2.10. The number of esters is 1. The molecule has 86 valence electrons. The Labute approximate surface area is 96.1 Å². The van der Waals surface area contributed by atoms with Crippen LogP contribution >= 0.6 is 0 Å². The van der Waals surface area contributed by atoms with Gasteiger partial charge in [-0.05, 0) is 31.6 Å². The molecule has 0 fully saturated rings. The molecular weight excluding hydrogens is 202 g/mol. The van der Waals surface area contributed by atoms with Crippen LogP contribution in [0.25, 0.3) is 6.08 Å². The third-order valence-corrected chi connectivity index (χ3v) is 2.01. The summed E-state index contributed by atoms with van der Waals surface area (Å²) in [6, 6.07) is 8.18. The Kier molecular flexibility index (Phi) is 4.58. The first-order chi connectivity index (χ1) is 7.63. The minimum Gasteiger partial charge on any atom is -0.466 e. The largest absolute Gasteiger partial charge is 0.466 e. The first kappa shape index (κ1) is 12.3. The van der Waals surface area contributed by atoms with Crippen molar-refractivity contribution in [1.29, 1.82) is 0 Å². The zero-order valence-electron chi connectivity index (χ0n) is 9.86. The molecule has 0 heterocycles. The molecule has 0 radical (unpaired) electrons. The smallest absolute Gasteiger partial charge is 0.330 e. The van der Waals surface area contributed by atoms with Crippen LogP contribution in [0.4, 0.5) is 5.69 Å². The van der Waals surface area contributed by atoms with Crippen LogP contribution in [-0.2, 0) is 9.53 Å². The minimum absolute atomic E-state index is 0.348. The summed E-state index contributed by atoms with van der Waals surface area (Å²) >= 11 is 0. The second kappa shape index (κ2) is 5.95. The first-order valence-electron chi connectivity index (χ1n) is 5.25. The highest BCUT2D eigenvalue weighted by molar-refractivity contribution is 5.88. The molecule has 0 aliphatic carbocycles. The van der Waals surface area contributed by atoms with Crippen molar-refractivity contribution in [2.45, 2.75) is 19.9 Å². The van der Waals surface area contributed by atoms with E-state index in [2.05, 4.69) is 23.9 Å². The second-order valence-electron chi connectivity index (χ2n) is 3.74.